The van der Waals surface area contributed by atoms with Crippen LogP contribution >= 0.6 is 23.5 Å². The number of hydrogen-bond acceptors (Lipinski definition) is 5. The SMILES string of the molecule is C[C@H]1CSCCN1CC(O)CN1CCSC[C@@H]1C. The summed E-state index contributed by atoms with van der Waals surface area (Å²) >= 11 is 4.07. The monoisotopic (exact) mass is 290 g/mol. The fourth-order valence-corrected chi connectivity index (χ4v) is 4.83. The minimum atomic E-state index is -0.193. The number of rotatable bonds is 4. The molecule has 2 heterocycles. The van der Waals surface area contributed by atoms with E-state index in [1.54, 1.807) is 0 Å². The number of aliphatic hydroxyl groups is 1. The number of nitrogens with zero attached hydrogens (tertiary/aromatic N) is 2. The Balaban J connectivity index is 1.75. The quantitative estimate of drug-likeness (QED) is 0.840. The Labute approximate surface area is 120 Å². The summed E-state index contributed by atoms with van der Waals surface area (Å²) in [7, 11) is 0. The molecule has 0 saturated carbocycles. The van der Waals surface area contributed by atoms with Crippen LogP contribution < -0.4 is 0 Å². The minimum absolute atomic E-state index is 0.193. The highest BCUT2D eigenvalue weighted by Crippen LogP contribution is 2.18. The highest BCUT2D eigenvalue weighted by atomic mass is 32.2. The summed E-state index contributed by atoms with van der Waals surface area (Å²) in [5.74, 6) is 4.86. The topological polar surface area (TPSA) is 26.7 Å². The molecule has 0 aromatic carbocycles. The highest BCUT2D eigenvalue weighted by Gasteiger charge is 2.25. The second kappa shape index (κ2) is 7.39. The van der Waals surface area contributed by atoms with Gasteiger partial charge in [0.1, 0.15) is 0 Å². The number of β-amino-alcohol motifs (C(OH)–C–C–N with tert-alkyl or cyclic N) is 1. The van der Waals surface area contributed by atoms with E-state index >= 15 is 0 Å². The van der Waals surface area contributed by atoms with E-state index in [4.69, 9.17) is 0 Å². The van der Waals surface area contributed by atoms with Crippen molar-refractivity contribution in [2.24, 2.45) is 0 Å². The van der Waals surface area contributed by atoms with Gasteiger partial charge >= 0.3 is 0 Å². The molecule has 2 aliphatic rings. The molecule has 0 aliphatic carbocycles. The molecule has 1 N–H and O–H groups in total. The van der Waals surface area contributed by atoms with Crippen LogP contribution in [0.15, 0.2) is 0 Å². The van der Waals surface area contributed by atoms with Crippen molar-refractivity contribution in [3.8, 4) is 0 Å². The zero-order chi connectivity index (χ0) is 13.0. The largest absolute Gasteiger partial charge is 0.390 e. The first-order chi connectivity index (χ1) is 8.66. The van der Waals surface area contributed by atoms with Gasteiger partial charge in [-0.3, -0.25) is 9.80 Å². The molecule has 2 saturated heterocycles. The van der Waals surface area contributed by atoms with Gasteiger partial charge in [0.15, 0.2) is 0 Å². The molecule has 106 valence electrons. The first-order valence-electron chi connectivity index (χ1n) is 6.98. The lowest BCUT2D eigenvalue weighted by Gasteiger charge is -2.38. The molecule has 0 radical (unpaired) electrons. The Morgan fingerprint density at radius 1 is 1.00 bits per heavy atom. The molecule has 2 fully saturated rings. The molecule has 0 amide bonds. The summed E-state index contributed by atoms with van der Waals surface area (Å²) in [4.78, 5) is 4.90. The summed E-state index contributed by atoms with van der Waals surface area (Å²) in [6.45, 7) is 8.51. The maximum atomic E-state index is 10.3. The predicted molar refractivity (Wildman–Crippen MR) is 82.7 cm³/mol. The average Bonchev–Trinajstić information content (AvgIpc) is 2.35. The van der Waals surface area contributed by atoms with E-state index in [2.05, 4.69) is 23.6 Å². The van der Waals surface area contributed by atoms with Crippen LogP contribution in [-0.4, -0.2) is 82.3 Å². The van der Waals surface area contributed by atoms with Crippen LogP contribution in [0, 0.1) is 0 Å². The van der Waals surface area contributed by atoms with Gasteiger partial charge in [0.2, 0.25) is 0 Å². The second-order valence-corrected chi connectivity index (χ2v) is 7.79. The van der Waals surface area contributed by atoms with Gasteiger partial charge in [-0.05, 0) is 13.8 Å². The van der Waals surface area contributed by atoms with Gasteiger partial charge in [-0.2, -0.15) is 23.5 Å². The van der Waals surface area contributed by atoms with Crippen molar-refractivity contribution in [2.45, 2.75) is 32.0 Å². The highest BCUT2D eigenvalue weighted by molar-refractivity contribution is 7.99. The Hall–Kier alpha value is 0.580. The molecule has 2 rings (SSSR count). The third-order valence-electron chi connectivity index (χ3n) is 3.90. The Kier molecular flexibility index (Phi) is 6.15. The third-order valence-corrected chi connectivity index (χ3v) is 6.28. The zero-order valence-electron chi connectivity index (χ0n) is 11.5. The predicted octanol–water partition coefficient (Wildman–Crippen LogP) is 1.22. The lowest BCUT2D eigenvalue weighted by molar-refractivity contribution is 0.0570. The fourth-order valence-electron chi connectivity index (χ4n) is 2.66. The van der Waals surface area contributed by atoms with Gasteiger partial charge < -0.3 is 5.11 Å². The van der Waals surface area contributed by atoms with E-state index < -0.39 is 0 Å². The van der Waals surface area contributed by atoms with E-state index in [9.17, 15) is 5.11 Å². The summed E-state index contributed by atoms with van der Waals surface area (Å²) in [5, 5.41) is 10.3. The van der Waals surface area contributed by atoms with Gasteiger partial charge in [0.25, 0.3) is 0 Å². The number of thioether (sulfide) groups is 2. The second-order valence-electron chi connectivity index (χ2n) is 5.49. The molecular weight excluding hydrogens is 264 g/mol. The molecule has 0 unspecified atom stereocenters. The molecule has 2 atom stereocenters. The Bertz CT molecular complexity index is 231. The van der Waals surface area contributed by atoms with Crippen molar-refractivity contribution in [1.29, 1.82) is 0 Å². The first kappa shape index (κ1) is 15.0. The molecule has 0 bridgehead atoms. The van der Waals surface area contributed by atoms with Gasteiger partial charge in [-0.15, -0.1) is 0 Å². The molecule has 0 spiro atoms. The maximum absolute atomic E-state index is 10.3. The normalized spacial score (nSPS) is 32.0. The van der Waals surface area contributed by atoms with Crippen LogP contribution in [0.4, 0.5) is 0 Å². The lowest BCUT2D eigenvalue weighted by Crippen LogP contribution is -2.50. The molecule has 0 aromatic rings. The van der Waals surface area contributed by atoms with Crippen LogP contribution in [0.2, 0.25) is 0 Å². The van der Waals surface area contributed by atoms with Crippen LogP contribution in [0.3, 0.4) is 0 Å². The van der Waals surface area contributed by atoms with E-state index in [1.165, 1.54) is 23.0 Å². The maximum Gasteiger partial charge on any atom is 0.0794 e. The molecule has 5 heteroatoms. The summed E-state index contributed by atoms with van der Waals surface area (Å²) < 4.78 is 0. The van der Waals surface area contributed by atoms with Crippen molar-refractivity contribution in [3.63, 3.8) is 0 Å². The van der Waals surface area contributed by atoms with Crippen molar-refractivity contribution in [2.75, 3.05) is 49.2 Å². The van der Waals surface area contributed by atoms with Crippen LogP contribution in [0.5, 0.6) is 0 Å². The van der Waals surface area contributed by atoms with Gasteiger partial charge in [0.05, 0.1) is 6.10 Å². The summed E-state index contributed by atoms with van der Waals surface area (Å²) in [5.41, 5.74) is 0. The lowest BCUT2D eigenvalue weighted by atomic mass is 10.2. The van der Waals surface area contributed by atoms with Gasteiger partial charge in [-0.25, -0.2) is 0 Å². The Morgan fingerprint density at radius 2 is 1.44 bits per heavy atom. The Morgan fingerprint density at radius 3 is 1.83 bits per heavy atom. The van der Waals surface area contributed by atoms with E-state index in [-0.39, 0.29) is 6.10 Å². The van der Waals surface area contributed by atoms with Crippen LogP contribution in [0.1, 0.15) is 13.8 Å². The fraction of sp³-hybridized carbons (Fsp3) is 1.00. The smallest absolute Gasteiger partial charge is 0.0794 e. The zero-order valence-corrected chi connectivity index (χ0v) is 13.2. The minimum Gasteiger partial charge on any atom is -0.390 e. The van der Waals surface area contributed by atoms with Crippen molar-refractivity contribution in [3.05, 3.63) is 0 Å². The molecule has 18 heavy (non-hydrogen) atoms. The molecule has 0 aromatic heterocycles. The van der Waals surface area contributed by atoms with Crippen molar-refractivity contribution in [1.82, 2.24) is 9.80 Å². The van der Waals surface area contributed by atoms with Crippen LogP contribution in [-0.2, 0) is 0 Å². The molecule has 2 aliphatic heterocycles. The van der Waals surface area contributed by atoms with Gasteiger partial charge in [-0.1, -0.05) is 0 Å². The summed E-state index contributed by atoms with van der Waals surface area (Å²) in [6.07, 6.45) is -0.193. The van der Waals surface area contributed by atoms with Crippen LogP contribution in [0.25, 0.3) is 0 Å². The van der Waals surface area contributed by atoms with E-state index in [0.717, 1.165) is 26.2 Å². The number of aliphatic hydroxyl groups excluding tert-OH is 1. The van der Waals surface area contributed by atoms with Crippen molar-refractivity contribution >= 4 is 23.5 Å². The van der Waals surface area contributed by atoms with Gasteiger partial charge in [0, 0.05) is 61.3 Å². The standard InChI is InChI=1S/C13H26N2OS2/c1-11-9-17-5-3-14(11)7-13(16)8-15-4-6-18-10-12(15)2/h11-13,16H,3-10H2,1-2H3/t11-,12-/m0/s1. The first-order valence-corrected chi connectivity index (χ1v) is 9.29. The number of hydrogen-bond donors (Lipinski definition) is 1. The molecule has 3 nitrogen and oxygen atoms in total. The van der Waals surface area contributed by atoms with E-state index in [0.29, 0.717) is 12.1 Å². The van der Waals surface area contributed by atoms with Crippen molar-refractivity contribution < 1.29 is 5.11 Å². The summed E-state index contributed by atoms with van der Waals surface area (Å²) in [6, 6.07) is 1.24. The average molecular weight is 290 g/mol. The third kappa shape index (κ3) is 4.30. The molecular formula is C13H26N2OS2. The van der Waals surface area contributed by atoms with E-state index in [1.807, 2.05) is 23.5 Å².